The fourth-order valence-corrected chi connectivity index (χ4v) is 3.67. The second-order valence-corrected chi connectivity index (χ2v) is 11.8. The van der Waals surface area contributed by atoms with Crippen LogP contribution in [0.1, 0.15) is 45.7 Å². The first-order valence-corrected chi connectivity index (χ1v) is 12.5. The number of rotatable bonds is 8. The maximum atomic E-state index is 12.3. The van der Waals surface area contributed by atoms with Gasteiger partial charge >= 0.3 is 6.09 Å². The molecule has 0 aliphatic heterocycles. The SMILES string of the molecule is C/C=C(/O[Si](C)(C)C)[C@@H](C)[C@H](CC)OC(=O)N[C@@H](C)c1ccccc1. The molecule has 0 aliphatic carbocycles. The number of allylic oxidation sites excluding steroid dienone is 1. The monoisotopic (exact) mass is 363 g/mol. The number of carbonyl (C=O) groups is 1. The summed E-state index contributed by atoms with van der Waals surface area (Å²) < 4.78 is 11.8. The molecule has 1 aromatic rings. The van der Waals surface area contributed by atoms with Crippen molar-refractivity contribution < 1.29 is 14.0 Å². The zero-order valence-corrected chi connectivity index (χ0v) is 17.6. The largest absolute Gasteiger partial charge is 0.547 e. The summed E-state index contributed by atoms with van der Waals surface area (Å²) in [6.07, 6.45) is 2.11. The molecule has 1 rings (SSSR count). The fraction of sp³-hybridized carbons (Fsp3) is 0.550. The quantitative estimate of drug-likeness (QED) is 0.480. The van der Waals surface area contributed by atoms with E-state index in [0.29, 0.717) is 0 Å². The molecule has 0 aromatic heterocycles. The Morgan fingerprint density at radius 2 is 1.80 bits per heavy atom. The highest BCUT2D eigenvalue weighted by molar-refractivity contribution is 6.70. The van der Waals surface area contributed by atoms with Gasteiger partial charge in [-0.15, -0.1) is 0 Å². The molecule has 140 valence electrons. The Morgan fingerprint density at radius 1 is 1.20 bits per heavy atom. The highest BCUT2D eigenvalue weighted by Crippen LogP contribution is 2.25. The zero-order chi connectivity index (χ0) is 19.0. The molecular weight excluding hydrogens is 330 g/mol. The Hall–Kier alpha value is -1.75. The van der Waals surface area contributed by atoms with E-state index in [-0.39, 0.29) is 18.1 Å². The minimum atomic E-state index is -1.70. The molecule has 1 aromatic carbocycles. The Labute approximate surface area is 153 Å². The Bertz CT molecular complexity index is 566. The summed E-state index contributed by atoms with van der Waals surface area (Å²) in [5, 5.41) is 2.91. The third kappa shape index (κ3) is 7.34. The average molecular weight is 364 g/mol. The molecule has 0 saturated carbocycles. The number of amides is 1. The first-order valence-electron chi connectivity index (χ1n) is 9.05. The third-order valence-corrected chi connectivity index (χ3v) is 4.86. The van der Waals surface area contributed by atoms with Gasteiger partial charge in [-0.2, -0.15) is 0 Å². The average Bonchev–Trinajstić information content (AvgIpc) is 2.56. The number of ether oxygens (including phenoxy) is 1. The standard InChI is InChI=1S/C20H33NO3Si/c1-8-18(15(3)19(9-2)24-25(5,6)7)23-20(22)21-16(4)17-13-11-10-12-14-17/h9-16,18H,8H2,1-7H3,(H,21,22)/b19-9+/t15-,16-,18-/m0/s1. The lowest BCUT2D eigenvalue weighted by molar-refractivity contribution is 0.0613. The van der Waals surface area contributed by atoms with Gasteiger partial charge in [0.05, 0.1) is 11.8 Å². The molecule has 3 atom stereocenters. The molecule has 1 N–H and O–H groups in total. The van der Waals surface area contributed by atoms with Gasteiger partial charge < -0.3 is 14.5 Å². The summed E-state index contributed by atoms with van der Waals surface area (Å²) in [4.78, 5) is 12.3. The number of nitrogens with one attached hydrogen (secondary N) is 1. The van der Waals surface area contributed by atoms with E-state index >= 15 is 0 Å². The van der Waals surface area contributed by atoms with Crippen LogP contribution in [-0.2, 0) is 9.16 Å². The summed E-state index contributed by atoms with van der Waals surface area (Å²) in [5.74, 6) is 0.939. The maximum Gasteiger partial charge on any atom is 0.407 e. The lowest BCUT2D eigenvalue weighted by Gasteiger charge is -2.30. The lowest BCUT2D eigenvalue weighted by atomic mass is 10.00. The van der Waals surface area contributed by atoms with E-state index in [0.717, 1.165) is 17.7 Å². The molecule has 0 aliphatic rings. The van der Waals surface area contributed by atoms with Crippen LogP contribution in [0.5, 0.6) is 0 Å². The number of alkyl carbamates (subject to hydrolysis) is 1. The van der Waals surface area contributed by atoms with E-state index < -0.39 is 14.4 Å². The van der Waals surface area contributed by atoms with Crippen LogP contribution in [0.4, 0.5) is 4.79 Å². The summed E-state index contributed by atoms with van der Waals surface area (Å²) in [6.45, 7) is 14.5. The van der Waals surface area contributed by atoms with Gasteiger partial charge in [0, 0.05) is 5.92 Å². The van der Waals surface area contributed by atoms with E-state index in [1.165, 1.54) is 0 Å². The molecule has 4 nitrogen and oxygen atoms in total. The Morgan fingerprint density at radius 3 is 2.28 bits per heavy atom. The van der Waals surface area contributed by atoms with Crippen molar-refractivity contribution in [1.29, 1.82) is 0 Å². The second kappa shape index (κ2) is 9.66. The highest BCUT2D eigenvalue weighted by Gasteiger charge is 2.28. The number of hydrogen-bond donors (Lipinski definition) is 1. The molecule has 0 saturated heterocycles. The van der Waals surface area contributed by atoms with Crippen LogP contribution in [0, 0.1) is 5.92 Å². The molecule has 0 bridgehead atoms. The van der Waals surface area contributed by atoms with Crippen LogP contribution in [0.15, 0.2) is 42.2 Å². The zero-order valence-electron chi connectivity index (χ0n) is 16.6. The van der Waals surface area contributed by atoms with Crippen molar-refractivity contribution in [1.82, 2.24) is 5.32 Å². The van der Waals surface area contributed by atoms with Crippen molar-refractivity contribution in [2.45, 2.75) is 65.9 Å². The third-order valence-electron chi connectivity index (χ3n) is 4.01. The van der Waals surface area contributed by atoms with Crippen LogP contribution in [-0.4, -0.2) is 20.5 Å². The summed E-state index contributed by atoms with van der Waals surface area (Å²) >= 11 is 0. The van der Waals surface area contributed by atoms with Gasteiger partial charge in [-0.05, 0) is 45.5 Å². The lowest BCUT2D eigenvalue weighted by Crippen LogP contribution is -2.36. The van der Waals surface area contributed by atoms with Crippen molar-refractivity contribution in [3.05, 3.63) is 47.7 Å². The Balaban J connectivity index is 2.69. The van der Waals surface area contributed by atoms with Crippen molar-refractivity contribution in [2.24, 2.45) is 5.92 Å². The van der Waals surface area contributed by atoms with Crippen LogP contribution in [0.2, 0.25) is 19.6 Å². The molecule has 0 spiro atoms. The van der Waals surface area contributed by atoms with E-state index in [9.17, 15) is 4.79 Å². The normalized spacial score (nSPS) is 15.9. The minimum Gasteiger partial charge on any atom is -0.547 e. The van der Waals surface area contributed by atoms with Gasteiger partial charge in [0.25, 0.3) is 0 Å². The van der Waals surface area contributed by atoms with Gasteiger partial charge in [0.1, 0.15) is 6.10 Å². The summed E-state index contributed by atoms with van der Waals surface area (Å²) in [7, 11) is -1.70. The maximum absolute atomic E-state index is 12.3. The number of hydrogen-bond acceptors (Lipinski definition) is 3. The topological polar surface area (TPSA) is 47.6 Å². The first kappa shape index (κ1) is 21.3. The van der Waals surface area contributed by atoms with Crippen molar-refractivity contribution in [3.63, 3.8) is 0 Å². The molecular formula is C20H33NO3Si. The molecule has 0 heterocycles. The Kier molecular flexibility index (Phi) is 8.22. The summed E-state index contributed by atoms with van der Waals surface area (Å²) in [6, 6.07) is 9.76. The van der Waals surface area contributed by atoms with Crippen LogP contribution < -0.4 is 5.32 Å². The van der Waals surface area contributed by atoms with Crippen LogP contribution in [0.25, 0.3) is 0 Å². The van der Waals surface area contributed by atoms with E-state index in [4.69, 9.17) is 9.16 Å². The number of carbonyl (C=O) groups excluding carboxylic acids is 1. The molecule has 25 heavy (non-hydrogen) atoms. The van der Waals surface area contributed by atoms with E-state index in [1.807, 2.05) is 57.2 Å². The number of benzene rings is 1. The van der Waals surface area contributed by atoms with Crippen molar-refractivity contribution in [2.75, 3.05) is 0 Å². The second-order valence-electron chi connectivity index (χ2n) is 7.32. The van der Waals surface area contributed by atoms with Crippen molar-refractivity contribution in [3.8, 4) is 0 Å². The highest BCUT2D eigenvalue weighted by atomic mass is 28.4. The minimum absolute atomic E-state index is 0.0273. The smallest absolute Gasteiger partial charge is 0.407 e. The van der Waals surface area contributed by atoms with E-state index in [2.05, 4.69) is 31.9 Å². The molecule has 1 amide bonds. The van der Waals surface area contributed by atoms with Gasteiger partial charge in [-0.3, -0.25) is 0 Å². The molecule has 0 unspecified atom stereocenters. The predicted molar refractivity (Wildman–Crippen MR) is 106 cm³/mol. The molecule has 0 fully saturated rings. The van der Waals surface area contributed by atoms with Gasteiger partial charge in [-0.1, -0.05) is 50.3 Å². The van der Waals surface area contributed by atoms with Crippen LogP contribution >= 0.6 is 0 Å². The van der Waals surface area contributed by atoms with Crippen molar-refractivity contribution >= 4 is 14.4 Å². The van der Waals surface area contributed by atoms with Crippen LogP contribution in [0.3, 0.4) is 0 Å². The summed E-state index contributed by atoms with van der Waals surface area (Å²) in [5.41, 5.74) is 1.05. The van der Waals surface area contributed by atoms with Gasteiger partial charge in [0.2, 0.25) is 8.32 Å². The van der Waals surface area contributed by atoms with Gasteiger partial charge in [0.15, 0.2) is 0 Å². The van der Waals surface area contributed by atoms with E-state index in [1.54, 1.807) is 0 Å². The van der Waals surface area contributed by atoms with Gasteiger partial charge in [-0.25, -0.2) is 4.79 Å². The predicted octanol–water partition coefficient (Wildman–Crippen LogP) is 5.64. The molecule has 0 radical (unpaired) electrons. The molecule has 5 heteroatoms. The first-order chi connectivity index (χ1) is 11.7. The fourth-order valence-electron chi connectivity index (χ4n) is 2.66.